The number of halogens is 1. The monoisotopic (exact) mass is 444 g/mol. The lowest BCUT2D eigenvalue weighted by atomic mass is 9.91. The van der Waals surface area contributed by atoms with Crippen molar-refractivity contribution < 1.29 is 23.7 Å². The van der Waals surface area contributed by atoms with Gasteiger partial charge in [-0.05, 0) is 31.9 Å². The Hall–Kier alpha value is -2.34. The smallest absolute Gasteiger partial charge is 0.306 e. The van der Waals surface area contributed by atoms with Crippen LogP contribution in [0.4, 0.5) is 0 Å². The highest BCUT2D eigenvalue weighted by Gasteiger charge is 2.35. The van der Waals surface area contributed by atoms with Gasteiger partial charge in [0.1, 0.15) is 5.75 Å². The van der Waals surface area contributed by atoms with Crippen molar-refractivity contribution in [1.29, 1.82) is 0 Å². The van der Waals surface area contributed by atoms with Crippen molar-refractivity contribution in [2.75, 3.05) is 20.3 Å². The van der Waals surface area contributed by atoms with E-state index in [-0.39, 0.29) is 18.0 Å². The molecule has 0 amide bonds. The third-order valence-electron chi connectivity index (χ3n) is 5.19. The van der Waals surface area contributed by atoms with E-state index in [0.717, 1.165) is 23.3 Å². The predicted molar refractivity (Wildman–Crippen MR) is 120 cm³/mol. The summed E-state index contributed by atoms with van der Waals surface area (Å²) >= 11 is 6.38. The van der Waals surface area contributed by atoms with Crippen LogP contribution in [0.5, 0.6) is 5.75 Å². The molecule has 2 aromatic carbocycles. The van der Waals surface area contributed by atoms with Crippen molar-refractivity contribution in [2.45, 2.75) is 38.6 Å². The normalized spacial score (nSPS) is 21.2. The summed E-state index contributed by atoms with van der Waals surface area (Å²) in [7, 11) is 1.66. The summed E-state index contributed by atoms with van der Waals surface area (Å²) in [6, 6.07) is 15.4. The molecular weight excluding hydrogens is 416 g/mol. The molecule has 3 atom stereocenters. The molecule has 0 bridgehead atoms. The van der Waals surface area contributed by atoms with Gasteiger partial charge in [0.25, 0.3) is 0 Å². The van der Waals surface area contributed by atoms with Crippen LogP contribution in [0.25, 0.3) is 0 Å². The molecule has 2 aromatic rings. The lowest BCUT2D eigenvalue weighted by molar-refractivity contribution is -0.244. The van der Waals surface area contributed by atoms with E-state index < -0.39 is 6.29 Å². The van der Waals surface area contributed by atoms with Crippen LogP contribution in [0, 0.1) is 5.92 Å². The minimum Gasteiger partial charge on any atom is -0.496 e. The molecule has 31 heavy (non-hydrogen) atoms. The van der Waals surface area contributed by atoms with Crippen LogP contribution in [0.3, 0.4) is 0 Å². The molecule has 1 fully saturated rings. The molecule has 1 aliphatic rings. The second-order valence-corrected chi connectivity index (χ2v) is 7.70. The Kier molecular flexibility index (Phi) is 8.95. The number of esters is 1. The highest BCUT2D eigenvalue weighted by Crippen LogP contribution is 2.43. The van der Waals surface area contributed by atoms with Crippen molar-refractivity contribution in [1.82, 2.24) is 0 Å². The molecule has 0 radical (unpaired) electrons. The van der Waals surface area contributed by atoms with Gasteiger partial charge < -0.3 is 18.9 Å². The van der Waals surface area contributed by atoms with Gasteiger partial charge in [0.15, 0.2) is 6.29 Å². The molecular formula is C25H29ClO5. The fraction of sp³-hybridized carbons (Fsp3) is 0.400. The quantitative estimate of drug-likeness (QED) is 0.348. The van der Waals surface area contributed by atoms with E-state index in [1.165, 1.54) is 0 Å². The lowest BCUT2D eigenvalue weighted by Gasteiger charge is -2.37. The number of allylic oxidation sites excluding steroid dienone is 2. The number of benzene rings is 2. The van der Waals surface area contributed by atoms with E-state index in [9.17, 15) is 4.79 Å². The summed E-state index contributed by atoms with van der Waals surface area (Å²) < 4.78 is 23.0. The van der Waals surface area contributed by atoms with E-state index in [0.29, 0.717) is 31.1 Å². The minimum atomic E-state index is -0.548. The summed E-state index contributed by atoms with van der Waals surface area (Å²) in [5.41, 5.74) is 1.79. The van der Waals surface area contributed by atoms with Crippen molar-refractivity contribution in [3.63, 3.8) is 0 Å². The van der Waals surface area contributed by atoms with Crippen LogP contribution in [0.15, 0.2) is 60.7 Å². The first-order valence-electron chi connectivity index (χ1n) is 10.6. The summed E-state index contributed by atoms with van der Waals surface area (Å²) in [6.45, 7) is 2.73. The SMILES string of the molecule is CCOC(=O)CCC=CCC1COC(c2ccccc2Cl)OC1c1ccccc1OC. The molecule has 166 valence electrons. The molecule has 0 aliphatic carbocycles. The maximum atomic E-state index is 11.5. The zero-order valence-corrected chi connectivity index (χ0v) is 18.7. The molecule has 3 rings (SSSR count). The zero-order chi connectivity index (χ0) is 22.1. The Labute approximate surface area is 188 Å². The average Bonchev–Trinajstić information content (AvgIpc) is 2.79. The highest BCUT2D eigenvalue weighted by molar-refractivity contribution is 6.31. The molecule has 6 heteroatoms. The molecule has 1 saturated heterocycles. The highest BCUT2D eigenvalue weighted by atomic mass is 35.5. The lowest BCUT2D eigenvalue weighted by Crippen LogP contribution is -2.30. The van der Waals surface area contributed by atoms with Gasteiger partial charge in [0.2, 0.25) is 0 Å². The van der Waals surface area contributed by atoms with Gasteiger partial charge in [-0.25, -0.2) is 0 Å². The van der Waals surface area contributed by atoms with Crippen molar-refractivity contribution in [3.8, 4) is 5.75 Å². The largest absolute Gasteiger partial charge is 0.496 e. The molecule has 3 unspecified atom stereocenters. The van der Waals surface area contributed by atoms with Crippen LogP contribution >= 0.6 is 11.6 Å². The number of ether oxygens (including phenoxy) is 4. The molecule has 0 saturated carbocycles. The molecule has 0 spiro atoms. The topological polar surface area (TPSA) is 54.0 Å². The summed E-state index contributed by atoms with van der Waals surface area (Å²) in [6.07, 6.45) is 5.10. The standard InChI is InChI=1S/C25H29ClO5/c1-3-29-23(27)16-6-4-5-11-18-17-30-25(19-12-7-9-14-21(19)26)31-24(18)20-13-8-10-15-22(20)28-2/h4-5,7-10,12-15,18,24-25H,3,6,11,16-17H2,1-2H3. The van der Waals surface area contributed by atoms with Gasteiger partial charge in [-0.15, -0.1) is 0 Å². The number of hydrogen-bond donors (Lipinski definition) is 0. The van der Waals surface area contributed by atoms with E-state index in [2.05, 4.69) is 6.08 Å². The molecule has 0 aromatic heterocycles. The van der Waals surface area contributed by atoms with E-state index >= 15 is 0 Å². The van der Waals surface area contributed by atoms with E-state index in [1.54, 1.807) is 7.11 Å². The zero-order valence-electron chi connectivity index (χ0n) is 18.0. The van der Waals surface area contributed by atoms with Crippen LogP contribution in [0.1, 0.15) is 49.7 Å². The second kappa shape index (κ2) is 11.9. The van der Waals surface area contributed by atoms with Crippen molar-refractivity contribution in [2.24, 2.45) is 5.92 Å². The maximum Gasteiger partial charge on any atom is 0.306 e. The number of para-hydroxylation sites is 1. The van der Waals surface area contributed by atoms with Gasteiger partial charge in [-0.3, -0.25) is 4.79 Å². The number of hydrogen-bond acceptors (Lipinski definition) is 5. The van der Waals surface area contributed by atoms with E-state index in [1.807, 2.05) is 61.5 Å². The third kappa shape index (κ3) is 6.33. The predicted octanol–water partition coefficient (Wildman–Crippen LogP) is 6.04. The second-order valence-electron chi connectivity index (χ2n) is 7.30. The van der Waals surface area contributed by atoms with Gasteiger partial charge in [-0.1, -0.05) is 60.2 Å². The Morgan fingerprint density at radius 3 is 2.61 bits per heavy atom. The van der Waals surface area contributed by atoms with Crippen LogP contribution in [-0.4, -0.2) is 26.3 Å². The average molecular weight is 445 g/mol. The van der Waals surface area contributed by atoms with Crippen LogP contribution in [0.2, 0.25) is 5.02 Å². The summed E-state index contributed by atoms with van der Waals surface area (Å²) in [5, 5.41) is 0.614. The first kappa shape index (κ1) is 23.3. The number of rotatable bonds is 9. The third-order valence-corrected chi connectivity index (χ3v) is 5.53. The molecule has 1 aliphatic heterocycles. The van der Waals surface area contributed by atoms with Crippen LogP contribution < -0.4 is 4.74 Å². The van der Waals surface area contributed by atoms with Gasteiger partial charge >= 0.3 is 5.97 Å². The maximum absolute atomic E-state index is 11.5. The minimum absolute atomic E-state index is 0.0916. The summed E-state index contributed by atoms with van der Waals surface area (Å²) in [4.78, 5) is 11.5. The Morgan fingerprint density at radius 2 is 1.87 bits per heavy atom. The molecule has 5 nitrogen and oxygen atoms in total. The van der Waals surface area contributed by atoms with Gasteiger partial charge in [0, 0.05) is 28.5 Å². The molecule has 1 heterocycles. The van der Waals surface area contributed by atoms with Crippen molar-refractivity contribution >= 4 is 17.6 Å². The molecule has 0 N–H and O–H groups in total. The van der Waals surface area contributed by atoms with Crippen molar-refractivity contribution in [3.05, 3.63) is 76.8 Å². The Balaban J connectivity index is 1.74. The van der Waals surface area contributed by atoms with E-state index in [4.69, 9.17) is 30.5 Å². The fourth-order valence-electron chi connectivity index (χ4n) is 3.65. The van der Waals surface area contributed by atoms with Gasteiger partial charge in [0.05, 0.1) is 26.4 Å². The summed E-state index contributed by atoms with van der Waals surface area (Å²) in [5.74, 6) is 0.698. The number of methoxy groups -OCH3 is 1. The van der Waals surface area contributed by atoms with Crippen LogP contribution in [-0.2, 0) is 19.0 Å². The Morgan fingerprint density at radius 1 is 1.13 bits per heavy atom. The first-order chi connectivity index (χ1) is 15.1. The fourth-order valence-corrected chi connectivity index (χ4v) is 3.88. The number of carbonyl (C=O) groups excluding carboxylic acids is 1. The Bertz CT molecular complexity index is 882. The van der Waals surface area contributed by atoms with Gasteiger partial charge in [-0.2, -0.15) is 0 Å². The number of carbonyl (C=O) groups is 1. The first-order valence-corrected chi connectivity index (χ1v) is 11.0.